The van der Waals surface area contributed by atoms with Gasteiger partial charge in [-0.2, -0.15) is 0 Å². The van der Waals surface area contributed by atoms with Gasteiger partial charge in [0.1, 0.15) is 0 Å². The number of methoxy groups -OCH3 is 2. The highest BCUT2D eigenvalue weighted by molar-refractivity contribution is 5.94. The molecular formula is C18H20N2O4. The molecule has 0 aliphatic carbocycles. The Morgan fingerprint density at radius 3 is 2.21 bits per heavy atom. The molecule has 0 fully saturated rings. The number of nitrogens with one attached hydrogen (secondary N) is 2. The van der Waals surface area contributed by atoms with E-state index in [0.29, 0.717) is 23.6 Å². The summed E-state index contributed by atoms with van der Waals surface area (Å²) in [7, 11) is 3.07. The largest absolute Gasteiger partial charge is 0.493 e. The van der Waals surface area contributed by atoms with Crippen LogP contribution in [0, 0.1) is 0 Å². The molecule has 6 heteroatoms. The summed E-state index contributed by atoms with van der Waals surface area (Å²) in [6.45, 7) is 1.84. The lowest BCUT2D eigenvalue weighted by Gasteiger charge is -2.10. The van der Waals surface area contributed by atoms with Crippen molar-refractivity contribution in [3.8, 4) is 11.5 Å². The van der Waals surface area contributed by atoms with Crippen molar-refractivity contribution >= 4 is 17.5 Å². The molecule has 0 radical (unpaired) electrons. The summed E-state index contributed by atoms with van der Waals surface area (Å²) in [4.78, 5) is 23.2. The number of anilines is 1. The van der Waals surface area contributed by atoms with Crippen LogP contribution >= 0.6 is 0 Å². The first-order valence-electron chi connectivity index (χ1n) is 7.40. The summed E-state index contributed by atoms with van der Waals surface area (Å²) in [6.07, 6.45) is 0. The monoisotopic (exact) mass is 328 g/mol. The van der Waals surface area contributed by atoms with Gasteiger partial charge in [0.05, 0.1) is 14.2 Å². The summed E-state index contributed by atoms with van der Waals surface area (Å²) in [5.41, 5.74) is 2.14. The second-order valence-corrected chi connectivity index (χ2v) is 5.13. The lowest BCUT2D eigenvalue weighted by atomic mass is 10.1. The molecule has 0 saturated carbocycles. The van der Waals surface area contributed by atoms with Crippen molar-refractivity contribution in [2.45, 2.75) is 13.5 Å². The van der Waals surface area contributed by atoms with Gasteiger partial charge in [-0.25, -0.2) is 0 Å². The highest BCUT2D eigenvalue weighted by atomic mass is 16.5. The van der Waals surface area contributed by atoms with E-state index in [-0.39, 0.29) is 11.8 Å². The Balaban J connectivity index is 1.99. The zero-order valence-corrected chi connectivity index (χ0v) is 13.9. The molecule has 0 spiro atoms. The minimum Gasteiger partial charge on any atom is -0.493 e. The fraction of sp³-hybridized carbons (Fsp3) is 0.222. The highest BCUT2D eigenvalue weighted by Crippen LogP contribution is 2.27. The maximum Gasteiger partial charge on any atom is 0.251 e. The second-order valence-electron chi connectivity index (χ2n) is 5.13. The molecule has 0 atom stereocenters. The van der Waals surface area contributed by atoms with Gasteiger partial charge in [0.2, 0.25) is 5.91 Å². The van der Waals surface area contributed by atoms with Crippen LogP contribution in [0.4, 0.5) is 5.69 Å². The predicted molar refractivity (Wildman–Crippen MR) is 91.5 cm³/mol. The van der Waals surface area contributed by atoms with Gasteiger partial charge < -0.3 is 20.1 Å². The maximum atomic E-state index is 12.2. The van der Waals surface area contributed by atoms with Crippen molar-refractivity contribution in [2.75, 3.05) is 19.5 Å². The Bertz CT molecular complexity index is 726. The number of hydrogen-bond acceptors (Lipinski definition) is 4. The molecule has 0 aromatic heterocycles. The zero-order chi connectivity index (χ0) is 17.5. The van der Waals surface area contributed by atoms with Crippen molar-refractivity contribution in [3.05, 3.63) is 53.6 Å². The van der Waals surface area contributed by atoms with E-state index in [4.69, 9.17) is 9.47 Å². The number of benzene rings is 2. The molecule has 0 unspecified atom stereocenters. The highest BCUT2D eigenvalue weighted by Gasteiger charge is 2.10. The molecule has 6 nitrogen and oxygen atoms in total. The first kappa shape index (κ1) is 17.3. The normalized spacial score (nSPS) is 9.96. The Morgan fingerprint density at radius 1 is 0.958 bits per heavy atom. The average Bonchev–Trinajstić information content (AvgIpc) is 2.59. The molecule has 2 N–H and O–H groups in total. The van der Waals surface area contributed by atoms with Crippen molar-refractivity contribution in [2.24, 2.45) is 0 Å². The Morgan fingerprint density at radius 2 is 1.62 bits per heavy atom. The summed E-state index contributed by atoms with van der Waals surface area (Å²) in [6, 6.07) is 12.3. The van der Waals surface area contributed by atoms with Gasteiger partial charge in [-0.05, 0) is 35.9 Å². The summed E-state index contributed by atoms with van der Waals surface area (Å²) >= 11 is 0. The maximum absolute atomic E-state index is 12.2. The van der Waals surface area contributed by atoms with Gasteiger partial charge >= 0.3 is 0 Å². The smallest absolute Gasteiger partial charge is 0.251 e. The van der Waals surface area contributed by atoms with Gasteiger partial charge in [-0.15, -0.1) is 0 Å². The van der Waals surface area contributed by atoms with E-state index >= 15 is 0 Å². The fourth-order valence-electron chi connectivity index (χ4n) is 2.17. The Hall–Kier alpha value is -3.02. The Kier molecular flexibility index (Phi) is 5.78. The van der Waals surface area contributed by atoms with E-state index in [0.717, 1.165) is 11.3 Å². The van der Waals surface area contributed by atoms with Crippen LogP contribution in [0.25, 0.3) is 0 Å². The second kappa shape index (κ2) is 8.01. The number of amides is 2. The number of hydrogen-bond donors (Lipinski definition) is 2. The van der Waals surface area contributed by atoms with Gasteiger partial charge in [0.15, 0.2) is 11.5 Å². The predicted octanol–water partition coefficient (Wildman–Crippen LogP) is 2.59. The van der Waals surface area contributed by atoms with Crippen LogP contribution in [0.5, 0.6) is 11.5 Å². The molecular weight excluding hydrogens is 308 g/mol. The summed E-state index contributed by atoms with van der Waals surface area (Å²) < 4.78 is 10.3. The van der Waals surface area contributed by atoms with Gasteiger partial charge in [0.25, 0.3) is 5.91 Å². The zero-order valence-electron chi connectivity index (χ0n) is 13.9. The number of rotatable bonds is 6. The van der Waals surface area contributed by atoms with Crippen molar-refractivity contribution in [3.63, 3.8) is 0 Å². The molecule has 0 aliphatic rings. The topological polar surface area (TPSA) is 76.7 Å². The van der Waals surface area contributed by atoms with Crippen LogP contribution in [0.1, 0.15) is 22.8 Å². The van der Waals surface area contributed by atoms with E-state index < -0.39 is 0 Å². The molecule has 0 heterocycles. The molecule has 0 saturated heterocycles. The quantitative estimate of drug-likeness (QED) is 0.854. The molecule has 2 aromatic carbocycles. The SMILES string of the molecule is COc1ccc(C(=O)NCc2ccc(NC(C)=O)cc2)cc1OC. The molecule has 2 amide bonds. The first-order chi connectivity index (χ1) is 11.5. The molecule has 0 bridgehead atoms. The van der Waals surface area contributed by atoms with Gasteiger partial charge in [-0.1, -0.05) is 12.1 Å². The Labute approximate surface area is 140 Å². The van der Waals surface area contributed by atoms with E-state index in [1.165, 1.54) is 14.0 Å². The van der Waals surface area contributed by atoms with Crippen molar-refractivity contribution in [1.82, 2.24) is 5.32 Å². The van der Waals surface area contributed by atoms with Gasteiger partial charge in [-0.3, -0.25) is 9.59 Å². The minimum absolute atomic E-state index is 0.121. The van der Waals surface area contributed by atoms with Crippen LogP contribution in [0.15, 0.2) is 42.5 Å². The summed E-state index contributed by atoms with van der Waals surface area (Å²) in [5, 5.41) is 5.54. The number of ether oxygens (including phenoxy) is 2. The minimum atomic E-state index is -0.207. The van der Waals surface area contributed by atoms with Gasteiger partial charge in [0, 0.05) is 24.7 Å². The van der Waals surface area contributed by atoms with Crippen LogP contribution in [-0.2, 0) is 11.3 Å². The van der Waals surface area contributed by atoms with E-state index in [2.05, 4.69) is 10.6 Å². The molecule has 2 aromatic rings. The van der Waals surface area contributed by atoms with E-state index in [9.17, 15) is 9.59 Å². The van der Waals surface area contributed by atoms with E-state index in [1.54, 1.807) is 37.4 Å². The van der Waals surface area contributed by atoms with E-state index in [1.807, 2.05) is 12.1 Å². The lowest BCUT2D eigenvalue weighted by molar-refractivity contribution is -0.114. The molecule has 126 valence electrons. The molecule has 24 heavy (non-hydrogen) atoms. The fourth-order valence-corrected chi connectivity index (χ4v) is 2.17. The summed E-state index contributed by atoms with van der Waals surface area (Å²) in [5.74, 6) is 0.749. The molecule has 0 aliphatic heterocycles. The molecule has 2 rings (SSSR count). The third kappa shape index (κ3) is 4.49. The first-order valence-corrected chi connectivity index (χ1v) is 7.40. The third-order valence-corrected chi connectivity index (χ3v) is 3.37. The standard InChI is InChI=1S/C18H20N2O4/c1-12(21)20-15-7-4-13(5-8-15)11-19-18(22)14-6-9-16(23-2)17(10-14)24-3/h4-10H,11H2,1-3H3,(H,19,22)(H,20,21). The van der Waals surface area contributed by atoms with Crippen LogP contribution in [-0.4, -0.2) is 26.0 Å². The lowest BCUT2D eigenvalue weighted by Crippen LogP contribution is -2.22. The van der Waals surface area contributed by atoms with Crippen molar-refractivity contribution in [1.29, 1.82) is 0 Å². The van der Waals surface area contributed by atoms with Crippen LogP contribution in [0.2, 0.25) is 0 Å². The third-order valence-electron chi connectivity index (χ3n) is 3.37. The van der Waals surface area contributed by atoms with Crippen molar-refractivity contribution < 1.29 is 19.1 Å². The number of carbonyl (C=O) groups is 2. The average molecular weight is 328 g/mol. The number of carbonyl (C=O) groups excluding carboxylic acids is 2. The van der Waals surface area contributed by atoms with Crippen LogP contribution < -0.4 is 20.1 Å². The van der Waals surface area contributed by atoms with Crippen LogP contribution in [0.3, 0.4) is 0 Å².